The zero-order valence-electron chi connectivity index (χ0n) is 10.5. The summed E-state index contributed by atoms with van der Waals surface area (Å²) < 4.78 is 6.94. The Morgan fingerprint density at radius 3 is 2.74 bits per heavy atom. The number of aryl methyl sites for hydroxylation is 1. The normalized spacial score (nSPS) is 11.9. The molecule has 0 spiro atoms. The number of ether oxygens (including phenoxy) is 1. The lowest BCUT2D eigenvalue weighted by molar-refractivity contribution is -0.123. The van der Waals surface area contributed by atoms with E-state index < -0.39 is 6.10 Å². The van der Waals surface area contributed by atoms with Gasteiger partial charge in [0.25, 0.3) is 5.91 Å². The van der Waals surface area contributed by atoms with E-state index in [9.17, 15) is 4.79 Å². The molecule has 0 bridgehead atoms. The summed E-state index contributed by atoms with van der Waals surface area (Å²) in [5.41, 5.74) is 3.45. The zero-order chi connectivity index (χ0) is 13.8. The second-order valence-electron chi connectivity index (χ2n) is 4.02. The molecule has 0 fully saturated rings. The minimum atomic E-state index is -0.651. The number of aromatic nitrogens is 3. The molecule has 1 aromatic heterocycles. The fourth-order valence-corrected chi connectivity index (χ4v) is 1.69. The predicted octanol–water partition coefficient (Wildman–Crippen LogP) is 1.78. The van der Waals surface area contributed by atoms with Gasteiger partial charge < -0.3 is 4.74 Å². The molecule has 1 aromatic carbocycles. The van der Waals surface area contributed by atoms with E-state index in [2.05, 4.69) is 15.6 Å². The Hall–Kier alpha value is -2.08. The maximum atomic E-state index is 11.9. The van der Waals surface area contributed by atoms with Crippen molar-refractivity contribution in [3.05, 3.63) is 41.4 Å². The number of hydrogen-bond donors (Lipinski definition) is 1. The highest BCUT2D eigenvalue weighted by atomic mass is 35.5. The fourth-order valence-electron chi connectivity index (χ4n) is 1.47. The van der Waals surface area contributed by atoms with E-state index in [1.807, 2.05) is 6.92 Å². The Bertz CT molecular complexity index is 571. The standard InChI is InChI=1S/C12H13ClN4O2/c1-8-5-10(13)3-4-11(8)19-9(2)12(18)16-17-6-14-15-7-17/h3-7,9H,1-2H3,(H,16,18)/t9-/m0/s1. The molecule has 1 amide bonds. The minimum absolute atomic E-state index is 0.297. The predicted molar refractivity (Wildman–Crippen MR) is 70.7 cm³/mol. The van der Waals surface area contributed by atoms with Gasteiger partial charge in [-0.3, -0.25) is 10.2 Å². The van der Waals surface area contributed by atoms with Crippen molar-refractivity contribution in [3.63, 3.8) is 0 Å². The van der Waals surface area contributed by atoms with Crippen molar-refractivity contribution < 1.29 is 9.53 Å². The number of carbonyl (C=O) groups excluding carboxylic acids is 1. The van der Waals surface area contributed by atoms with Gasteiger partial charge in [0.05, 0.1) is 0 Å². The molecular formula is C12H13ClN4O2. The summed E-state index contributed by atoms with van der Waals surface area (Å²) >= 11 is 5.86. The molecule has 0 unspecified atom stereocenters. The van der Waals surface area contributed by atoms with Crippen molar-refractivity contribution in [2.45, 2.75) is 20.0 Å². The van der Waals surface area contributed by atoms with E-state index >= 15 is 0 Å². The molecule has 19 heavy (non-hydrogen) atoms. The van der Waals surface area contributed by atoms with Gasteiger partial charge in [0, 0.05) is 5.02 Å². The third-order valence-corrected chi connectivity index (χ3v) is 2.70. The van der Waals surface area contributed by atoms with Crippen molar-refractivity contribution in [3.8, 4) is 5.75 Å². The zero-order valence-corrected chi connectivity index (χ0v) is 11.3. The van der Waals surface area contributed by atoms with Crippen LogP contribution >= 0.6 is 11.6 Å². The highest BCUT2D eigenvalue weighted by Crippen LogP contribution is 2.22. The SMILES string of the molecule is Cc1cc(Cl)ccc1O[C@@H](C)C(=O)Nn1cnnc1. The van der Waals surface area contributed by atoms with Crippen LogP contribution in [0.5, 0.6) is 5.75 Å². The maximum Gasteiger partial charge on any atom is 0.279 e. The van der Waals surface area contributed by atoms with Gasteiger partial charge in [0.2, 0.25) is 0 Å². The van der Waals surface area contributed by atoms with Crippen LogP contribution in [-0.2, 0) is 4.79 Å². The molecule has 6 nitrogen and oxygen atoms in total. The van der Waals surface area contributed by atoms with Gasteiger partial charge in [0.15, 0.2) is 6.10 Å². The molecule has 7 heteroatoms. The number of hydrogen-bond acceptors (Lipinski definition) is 4. The van der Waals surface area contributed by atoms with Gasteiger partial charge >= 0.3 is 0 Å². The average molecular weight is 281 g/mol. The molecule has 1 N–H and O–H groups in total. The molecule has 2 rings (SSSR count). The van der Waals surface area contributed by atoms with Crippen molar-refractivity contribution in [2.24, 2.45) is 0 Å². The highest BCUT2D eigenvalue weighted by Gasteiger charge is 2.16. The largest absolute Gasteiger partial charge is 0.481 e. The minimum Gasteiger partial charge on any atom is -0.481 e. The van der Waals surface area contributed by atoms with Crippen LogP contribution in [0.1, 0.15) is 12.5 Å². The van der Waals surface area contributed by atoms with E-state index in [0.717, 1.165) is 5.56 Å². The summed E-state index contributed by atoms with van der Waals surface area (Å²) in [6, 6.07) is 5.23. The molecule has 1 heterocycles. The van der Waals surface area contributed by atoms with Crippen LogP contribution < -0.4 is 10.2 Å². The Morgan fingerprint density at radius 2 is 2.11 bits per heavy atom. The van der Waals surface area contributed by atoms with Crippen LogP contribution in [0.3, 0.4) is 0 Å². The molecule has 0 saturated carbocycles. The first-order valence-electron chi connectivity index (χ1n) is 5.64. The van der Waals surface area contributed by atoms with Crippen LogP contribution in [0.4, 0.5) is 0 Å². The Balaban J connectivity index is 2.00. The molecule has 0 radical (unpaired) electrons. The number of rotatable bonds is 4. The van der Waals surface area contributed by atoms with E-state index in [0.29, 0.717) is 10.8 Å². The van der Waals surface area contributed by atoms with Gasteiger partial charge in [-0.15, -0.1) is 10.2 Å². The Labute approximate surface area is 115 Å². The summed E-state index contributed by atoms with van der Waals surface area (Å²) in [5.74, 6) is 0.324. The molecule has 0 aliphatic heterocycles. The summed E-state index contributed by atoms with van der Waals surface area (Å²) in [6.45, 7) is 3.53. The lowest BCUT2D eigenvalue weighted by atomic mass is 10.2. The smallest absolute Gasteiger partial charge is 0.279 e. The van der Waals surface area contributed by atoms with E-state index in [1.165, 1.54) is 17.3 Å². The van der Waals surface area contributed by atoms with Crippen molar-refractivity contribution in [1.29, 1.82) is 0 Å². The highest BCUT2D eigenvalue weighted by molar-refractivity contribution is 6.30. The van der Waals surface area contributed by atoms with Gasteiger partial charge in [0.1, 0.15) is 18.4 Å². The number of nitrogens with zero attached hydrogens (tertiary/aromatic N) is 3. The molecule has 0 saturated heterocycles. The number of nitrogens with one attached hydrogen (secondary N) is 1. The molecule has 0 aliphatic carbocycles. The van der Waals surface area contributed by atoms with Crippen LogP contribution in [0.15, 0.2) is 30.9 Å². The summed E-state index contributed by atoms with van der Waals surface area (Å²) in [4.78, 5) is 11.9. The van der Waals surface area contributed by atoms with Crippen LogP contribution in [0.25, 0.3) is 0 Å². The second-order valence-corrected chi connectivity index (χ2v) is 4.45. The summed E-state index contributed by atoms with van der Waals surface area (Å²) in [6.07, 6.45) is 2.12. The number of benzene rings is 1. The molecule has 100 valence electrons. The molecular weight excluding hydrogens is 268 g/mol. The maximum absolute atomic E-state index is 11.9. The van der Waals surface area contributed by atoms with E-state index in [4.69, 9.17) is 16.3 Å². The quantitative estimate of drug-likeness (QED) is 0.927. The molecule has 0 aliphatic rings. The van der Waals surface area contributed by atoms with Crippen LogP contribution in [0.2, 0.25) is 5.02 Å². The molecule has 1 atom stereocenters. The van der Waals surface area contributed by atoms with Gasteiger partial charge in [-0.25, -0.2) is 4.68 Å². The van der Waals surface area contributed by atoms with Crippen molar-refractivity contribution >= 4 is 17.5 Å². The third-order valence-electron chi connectivity index (χ3n) is 2.47. The van der Waals surface area contributed by atoms with E-state index in [-0.39, 0.29) is 5.91 Å². The van der Waals surface area contributed by atoms with Crippen molar-refractivity contribution in [1.82, 2.24) is 14.9 Å². The van der Waals surface area contributed by atoms with E-state index in [1.54, 1.807) is 25.1 Å². The fraction of sp³-hybridized carbons (Fsp3) is 0.250. The third kappa shape index (κ3) is 3.45. The Morgan fingerprint density at radius 1 is 1.42 bits per heavy atom. The lowest BCUT2D eigenvalue weighted by Crippen LogP contribution is -2.34. The second kappa shape index (κ2) is 5.71. The Kier molecular flexibility index (Phi) is 4.01. The monoisotopic (exact) mass is 280 g/mol. The average Bonchev–Trinajstić information content (AvgIpc) is 2.85. The van der Waals surface area contributed by atoms with Gasteiger partial charge in [-0.2, -0.15) is 0 Å². The topological polar surface area (TPSA) is 69.0 Å². The lowest BCUT2D eigenvalue weighted by Gasteiger charge is -2.16. The van der Waals surface area contributed by atoms with Gasteiger partial charge in [-0.1, -0.05) is 11.6 Å². The summed E-state index contributed by atoms with van der Waals surface area (Å²) in [5, 5.41) is 7.80. The van der Waals surface area contributed by atoms with Gasteiger partial charge in [-0.05, 0) is 37.6 Å². The summed E-state index contributed by atoms with van der Waals surface area (Å²) in [7, 11) is 0. The number of halogens is 1. The van der Waals surface area contributed by atoms with Crippen molar-refractivity contribution in [2.75, 3.05) is 5.43 Å². The van der Waals surface area contributed by atoms with Crippen LogP contribution in [-0.4, -0.2) is 26.9 Å². The van der Waals surface area contributed by atoms with Crippen LogP contribution in [0, 0.1) is 6.92 Å². The first kappa shape index (κ1) is 13.4. The number of carbonyl (C=O) groups is 1. The first-order chi connectivity index (χ1) is 9.06. The number of amides is 1. The first-order valence-corrected chi connectivity index (χ1v) is 6.02. The molecule has 2 aromatic rings.